The van der Waals surface area contributed by atoms with Gasteiger partial charge in [-0.05, 0) is 56.1 Å². The minimum atomic E-state index is -4.91. The highest BCUT2D eigenvalue weighted by molar-refractivity contribution is 5.94. The fraction of sp³-hybridized carbons (Fsp3) is 0.471. The highest BCUT2D eigenvalue weighted by Crippen LogP contribution is 2.31. The van der Waals surface area contributed by atoms with Crippen molar-refractivity contribution in [3.05, 3.63) is 29.8 Å². The molecule has 2 unspecified atom stereocenters. The van der Waals surface area contributed by atoms with Crippen LogP contribution in [0, 0.1) is 17.8 Å². The number of piperidine rings is 3. The molecule has 7 heteroatoms. The van der Waals surface area contributed by atoms with Gasteiger partial charge in [0, 0.05) is 11.3 Å². The van der Waals surface area contributed by atoms with Gasteiger partial charge in [-0.25, -0.2) is 0 Å². The van der Waals surface area contributed by atoms with Crippen LogP contribution in [0.15, 0.2) is 24.3 Å². The zero-order valence-electron chi connectivity index (χ0n) is 12.8. The molecule has 1 aromatic rings. The quantitative estimate of drug-likeness (QED) is 0.770. The molecule has 3 aliphatic heterocycles. The average molecular weight is 338 g/mol. The van der Waals surface area contributed by atoms with Gasteiger partial charge in [-0.1, -0.05) is 11.8 Å². The number of nitrogens with zero attached hydrogens (tertiary/aromatic N) is 1. The van der Waals surface area contributed by atoms with Gasteiger partial charge in [-0.15, -0.1) is 0 Å². The van der Waals surface area contributed by atoms with Crippen molar-refractivity contribution < 1.29 is 23.1 Å². The number of amides is 1. The van der Waals surface area contributed by atoms with Gasteiger partial charge in [-0.3, -0.25) is 9.69 Å². The summed E-state index contributed by atoms with van der Waals surface area (Å²) in [5.41, 5.74) is 0.679. The molecule has 2 bridgehead atoms. The van der Waals surface area contributed by atoms with Gasteiger partial charge < -0.3 is 10.4 Å². The molecule has 0 radical (unpaired) electrons. The van der Waals surface area contributed by atoms with Crippen LogP contribution in [0.3, 0.4) is 0 Å². The third-order valence-corrected chi connectivity index (χ3v) is 4.54. The molecule has 24 heavy (non-hydrogen) atoms. The average Bonchev–Trinajstić information content (AvgIpc) is 2.55. The topological polar surface area (TPSA) is 52.6 Å². The number of rotatable bonds is 1. The van der Waals surface area contributed by atoms with Gasteiger partial charge in [0.1, 0.15) is 0 Å². The fourth-order valence-corrected chi connectivity index (χ4v) is 3.19. The fourth-order valence-electron chi connectivity index (χ4n) is 3.19. The molecule has 2 atom stereocenters. The Labute approximate surface area is 137 Å². The standard InChI is InChI=1S/C17H17F3N2O2/c18-17(19,20)16(24)21-13-4-1-11(2-5-13)3-6-14-15(23)12-7-9-22(14)10-8-12/h1-2,4-5,12,14-15,23H,7-10H2,(H,21,24). The summed E-state index contributed by atoms with van der Waals surface area (Å²) in [4.78, 5) is 13.0. The first-order valence-corrected chi connectivity index (χ1v) is 7.76. The molecular formula is C17H17F3N2O2. The normalized spacial score (nSPS) is 28.8. The number of nitrogens with one attached hydrogen (secondary N) is 1. The number of fused-ring (bicyclic) bond motifs is 3. The van der Waals surface area contributed by atoms with Crippen LogP contribution in [0.1, 0.15) is 18.4 Å². The Balaban J connectivity index is 1.66. The van der Waals surface area contributed by atoms with Crippen LogP contribution in [-0.4, -0.2) is 47.3 Å². The highest BCUT2D eigenvalue weighted by Gasteiger charge is 2.40. The molecule has 1 amide bonds. The lowest BCUT2D eigenvalue weighted by Crippen LogP contribution is -2.57. The number of carbonyl (C=O) groups excluding carboxylic acids is 1. The van der Waals surface area contributed by atoms with E-state index < -0.39 is 18.2 Å². The number of hydrogen-bond donors (Lipinski definition) is 2. The summed E-state index contributed by atoms with van der Waals surface area (Å²) in [6.45, 7) is 1.87. The molecule has 3 heterocycles. The number of hydrogen-bond acceptors (Lipinski definition) is 3. The Bertz CT molecular complexity index is 666. The minimum Gasteiger partial charge on any atom is -0.390 e. The smallest absolute Gasteiger partial charge is 0.390 e. The van der Waals surface area contributed by atoms with Crippen LogP contribution >= 0.6 is 0 Å². The SMILES string of the molecule is O=C(Nc1ccc(C#CC2C(O)C3CCN2CC3)cc1)C(F)(F)F. The molecule has 3 aliphatic rings. The van der Waals surface area contributed by atoms with Crippen LogP contribution < -0.4 is 5.32 Å². The summed E-state index contributed by atoms with van der Waals surface area (Å²) in [6.07, 6.45) is -3.38. The summed E-state index contributed by atoms with van der Waals surface area (Å²) in [7, 11) is 0. The van der Waals surface area contributed by atoms with Crippen LogP contribution in [0.2, 0.25) is 0 Å². The summed E-state index contributed by atoms with van der Waals surface area (Å²) in [5, 5.41) is 12.0. The van der Waals surface area contributed by atoms with E-state index in [2.05, 4.69) is 16.7 Å². The van der Waals surface area contributed by atoms with E-state index in [1.165, 1.54) is 12.1 Å². The predicted molar refractivity (Wildman–Crippen MR) is 82.1 cm³/mol. The Kier molecular flexibility index (Phi) is 4.52. The lowest BCUT2D eigenvalue weighted by molar-refractivity contribution is -0.167. The monoisotopic (exact) mass is 338 g/mol. The first-order valence-electron chi connectivity index (χ1n) is 7.76. The van der Waals surface area contributed by atoms with E-state index >= 15 is 0 Å². The Morgan fingerprint density at radius 3 is 2.38 bits per heavy atom. The molecule has 3 saturated heterocycles. The second-order valence-electron chi connectivity index (χ2n) is 6.11. The molecule has 0 aliphatic carbocycles. The lowest BCUT2D eigenvalue weighted by Gasteiger charge is -2.46. The third kappa shape index (κ3) is 3.55. The summed E-state index contributed by atoms with van der Waals surface area (Å²) < 4.78 is 36.6. The van der Waals surface area contributed by atoms with Gasteiger partial charge in [-0.2, -0.15) is 13.2 Å². The molecule has 1 aromatic carbocycles. The summed E-state index contributed by atoms with van der Waals surface area (Å²) in [6, 6.07) is 5.64. The van der Waals surface area contributed by atoms with Crippen molar-refractivity contribution in [1.29, 1.82) is 0 Å². The van der Waals surface area contributed by atoms with Crippen LogP contribution in [-0.2, 0) is 4.79 Å². The molecular weight excluding hydrogens is 321 g/mol. The van der Waals surface area contributed by atoms with Crippen molar-refractivity contribution in [3.63, 3.8) is 0 Å². The van der Waals surface area contributed by atoms with Crippen molar-refractivity contribution in [3.8, 4) is 11.8 Å². The number of halogens is 3. The van der Waals surface area contributed by atoms with Gasteiger partial charge in [0.2, 0.25) is 0 Å². The molecule has 0 aromatic heterocycles. The molecule has 0 saturated carbocycles. The van der Waals surface area contributed by atoms with E-state index in [-0.39, 0.29) is 11.7 Å². The number of aliphatic hydroxyl groups excluding tert-OH is 1. The maximum absolute atomic E-state index is 12.2. The largest absolute Gasteiger partial charge is 0.471 e. The third-order valence-electron chi connectivity index (χ3n) is 4.54. The van der Waals surface area contributed by atoms with E-state index in [4.69, 9.17) is 0 Å². The van der Waals surface area contributed by atoms with Crippen molar-refractivity contribution >= 4 is 11.6 Å². The van der Waals surface area contributed by atoms with E-state index in [0.29, 0.717) is 11.5 Å². The lowest BCUT2D eigenvalue weighted by atomic mass is 9.81. The first-order chi connectivity index (χ1) is 11.3. The zero-order chi connectivity index (χ0) is 17.3. The van der Waals surface area contributed by atoms with Crippen LogP contribution in [0.4, 0.5) is 18.9 Å². The van der Waals surface area contributed by atoms with Crippen molar-refractivity contribution in [2.45, 2.75) is 31.2 Å². The number of alkyl halides is 3. The van der Waals surface area contributed by atoms with Crippen LogP contribution in [0.5, 0.6) is 0 Å². The molecule has 0 spiro atoms. The molecule has 3 fully saturated rings. The summed E-state index contributed by atoms with van der Waals surface area (Å²) in [5.74, 6) is 4.31. The number of carbonyl (C=O) groups is 1. The van der Waals surface area contributed by atoms with Crippen molar-refractivity contribution in [2.75, 3.05) is 18.4 Å². The van der Waals surface area contributed by atoms with Crippen LogP contribution in [0.25, 0.3) is 0 Å². The molecule has 4 rings (SSSR count). The molecule has 2 N–H and O–H groups in total. The number of aliphatic hydroxyl groups is 1. The number of benzene rings is 1. The predicted octanol–water partition coefficient (Wildman–Crippen LogP) is 1.99. The Morgan fingerprint density at radius 1 is 1.21 bits per heavy atom. The summed E-state index contributed by atoms with van der Waals surface area (Å²) >= 11 is 0. The molecule has 4 nitrogen and oxygen atoms in total. The van der Waals surface area contributed by atoms with Gasteiger partial charge >= 0.3 is 12.1 Å². The maximum Gasteiger partial charge on any atom is 0.471 e. The molecule has 128 valence electrons. The zero-order valence-corrected chi connectivity index (χ0v) is 12.8. The highest BCUT2D eigenvalue weighted by atomic mass is 19.4. The van der Waals surface area contributed by atoms with Gasteiger partial charge in [0.05, 0.1) is 12.1 Å². The van der Waals surface area contributed by atoms with Crippen molar-refractivity contribution in [1.82, 2.24) is 4.90 Å². The van der Waals surface area contributed by atoms with Gasteiger partial charge in [0.25, 0.3) is 0 Å². The second-order valence-corrected chi connectivity index (χ2v) is 6.11. The van der Waals surface area contributed by atoms with Gasteiger partial charge in [0.15, 0.2) is 0 Å². The van der Waals surface area contributed by atoms with E-state index in [0.717, 1.165) is 25.9 Å². The first kappa shape index (κ1) is 16.8. The number of anilines is 1. The second kappa shape index (κ2) is 6.46. The Hall–Kier alpha value is -2.04. The van der Waals surface area contributed by atoms with Crippen molar-refractivity contribution in [2.24, 2.45) is 5.92 Å². The maximum atomic E-state index is 12.2. The van der Waals surface area contributed by atoms with E-state index in [9.17, 15) is 23.1 Å². The Morgan fingerprint density at radius 2 is 1.83 bits per heavy atom. The van der Waals surface area contributed by atoms with E-state index in [1.807, 2.05) is 0 Å². The minimum absolute atomic E-state index is 0.0587. The van der Waals surface area contributed by atoms with E-state index in [1.54, 1.807) is 17.4 Å².